The maximum Gasteiger partial charge on any atom is 0.461 e. The van der Waals surface area contributed by atoms with Crippen LogP contribution in [0, 0.1) is 29.5 Å². The molecule has 0 saturated heterocycles. The molecule has 1 aromatic rings. The van der Waals surface area contributed by atoms with Gasteiger partial charge in [-0.15, -0.1) is 0 Å². The quantitative estimate of drug-likeness (QED) is 0.231. The zero-order valence-electron chi connectivity index (χ0n) is 19.8. The molecule has 0 heterocycles. The first-order valence-corrected chi connectivity index (χ1v) is 12.4. The highest BCUT2D eigenvalue weighted by Crippen LogP contribution is 2.42. The van der Waals surface area contributed by atoms with Crippen LogP contribution in [0.1, 0.15) is 71.1 Å². The topological polar surface area (TPSA) is 18.5 Å². The van der Waals surface area contributed by atoms with Crippen molar-refractivity contribution in [2.24, 2.45) is 23.7 Å². The summed E-state index contributed by atoms with van der Waals surface area (Å²) in [7, 11) is 0. The molecule has 198 valence electrons. The smallest absolute Gasteiger partial charge is 0.429 e. The van der Waals surface area contributed by atoms with Gasteiger partial charge in [-0.2, -0.15) is 26.3 Å². The molecule has 2 fully saturated rings. The van der Waals surface area contributed by atoms with Crippen LogP contribution in [0.5, 0.6) is 11.5 Å². The van der Waals surface area contributed by atoms with E-state index in [0.717, 1.165) is 43.6 Å². The molecule has 0 radical (unpaired) electrons. The lowest BCUT2D eigenvalue weighted by Crippen LogP contribution is -2.33. The Morgan fingerprint density at radius 3 is 2.06 bits per heavy atom. The van der Waals surface area contributed by atoms with Crippen molar-refractivity contribution in [1.29, 1.82) is 0 Å². The molecule has 2 nitrogen and oxygen atoms in total. The maximum absolute atomic E-state index is 14.3. The maximum atomic E-state index is 14.3. The number of hydrogen-bond acceptors (Lipinski definition) is 2. The number of ether oxygens (including phenoxy) is 2. The largest absolute Gasteiger partial charge is 0.461 e. The first-order chi connectivity index (χ1) is 16.5. The zero-order chi connectivity index (χ0) is 25.6. The zero-order valence-corrected chi connectivity index (χ0v) is 19.8. The molecule has 2 saturated carbocycles. The van der Waals surface area contributed by atoms with Gasteiger partial charge in [0.15, 0.2) is 11.6 Å². The summed E-state index contributed by atoms with van der Waals surface area (Å²) >= 11 is 0. The normalized spacial score (nSPS) is 26.3. The van der Waals surface area contributed by atoms with E-state index in [1.54, 1.807) is 0 Å². The number of rotatable bonds is 10. The molecule has 0 spiro atoms. The van der Waals surface area contributed by atoms with Crippen LogP contribution < -0.4 is 9.47 Å². The summed E-state index contributed by atoms with van der Waals surface area (Å²) in [6, 6.07) is 1.68. The van der Waals surface area contributed by atoms with Crippen molar-refractivity contribution in [3.8, 4) is 11.5 Å². The van der Waals surface area contributed by atoms with Crippen LogP contribution in [-0.2, 0) is 0 Å². The first-order valence-electron chi connectivity index (χ1n) is 12.4. The van der Waals surface area contributed by atoms with E-state index in [1.165, 1.54) is 44.6 Å². The molecule has 2 aliphatic carbocycles. The summed E-state index contributed by atoms with van der Waals surface area (Å²) in [5.41, 5.74) is 0. The molecule has 0 aromatic heterocycles. The molecule has 35 heavy (non-hydrogen) atoms. The van der Waals surface area contributed by atoms with Crippen molar-refractivity contribution in [1.82, 2.24) is 0 Å². The van der Waals surface area contributed by atoms with Crippen LogP contribution >= 0.6 is 0 Å². The number of halogens is 7. The average Bonchev–Trinajstić information content (AvgIpc) is 2.80. The molecule has 0 N–H and O–H groups in total. The molecular weight excluding hydrogens is 477 g/mol. The first kappa shape index (κ1) is 27.7. The molecule has 0 atom stereocenters. The van der Waals surface area contributed by atoms with Crippen molar-refractivity contribution in [3.63, 3.8) is 0 Å². The Kier molecular flexibility index (Phi) is 9.38. The van der Waals surface area contributed by atoms with Gasteiger partial charge in [0, 0.05) is 12.1 Å². The van der Waals surface area contributed by atoms with E-state index >= 15 is 0 Å². The standard InChI is InChI=1S/C26H33F7O2/c1-2-3-17-4-8-19(9-5-17)20-10-6-18(7-11-20)14-15-25(30,31)34-21-12-13-23(22(27)16-21)35-26(32,33)24(28)29/h12-20,24H,2-11H2,1H3/b15-14+. The highest BCUT2D eigenvalue weighted by molar-refractivity contribution is 5.33. The fourth-order valence-electron chi connectivity index (χ4n) is 5.42. The second-order valence-electron chi connectivity index (χ2n) is 9.82. The monoisotopic (exact) mass is 510 g/mol. The third-order valence-corrected chi connectivity index (χ3v) is 7.29. The second-order valence-corrected chi connectivity index (χ2v) is 9.82. The third kappa shape index (κ3) is 8.04. The van der Waals surface area contributed by atoms with Crippen molar-refractivity contribution >= 4 is 0 Å². The van der Waals surface area contributed by atoms with E-state index in [2.05, 4.69) is 16.4 Å². The molecule has 0 unspecified atom stereocenters. The third-order valence-electron chi connectivity index (χ3n) is 7.29. The molecule has 1 aromatic carbocycles. The van der Waals surface area contributed by atoms with Gasteiger partial charge in [0.25, 0.3) is 0 Å². The van der Waals surface area contributed by atoms with Crippen LogP contribution in [0.4, 0.5) is 30.7 Å². The fraction of sp³-hybridized carbons (Fsp3) is 0.692. The van der Waals surface area contributed by atoms with Gasteiger partial charge in [-0.1, -0.05) is 38.7 Å². The molecule has 2 aliphatic rings. The van der Waals surface area contributed by atoms with Crippen LogP contribution in [0.3, 0.4) is 0 Å². The number of benzene rings is 1. The number of alkyl halides is 6. The van der Waals surface area contributed by atoms with Gasteiger partial charge >= 0.3 is 18.6 Å². The Morgan fingerprint density at radius 2 is 1.51 bits per heavy atom. The Labute approximate surface area is 201 Å². The lowest BCUT2D eigenvalue weighted by Gasteiger charge is -2.37. The van der Waals surface area contributed by atoms with Gasteiger partial charge < -0.3 is 9.47 Å². The van der Waals surface area contributed by atoms with Crippen LogP contribution in [0.25, 0.3) is 0 Å². The van der Waals surface area contributed by atoms with Crippen molar-refractivity contribution in [2.75, 3.05) is 0 Å². The van der Waals surface area contributed by atoms with Gasteiger partial charge in [0.05, 0.1) is 0 Å². The highest BCUT2D eigenvalue weighted by Gasteiger charge is 2.44. The Morgan fingerprint density at radius 1 is 0.914 bits per heavy atom. The predicted octanol–water partition coefficient (Wildman–Crippen LogP) is 9.00. The predicted molar refractivity (Wildman–Crippen MR) is 118 cm³/mol. The van der Waals surface area contributed by atoms with E-state index in [4.69, 9.17) is 0 Å². The molecule has 3 rings (SSSR count). The van der Waals surface area contributed by atoms with Gasteiger partial charge in [0.2, 0.25) is 0 Å². The summed E-state index contributed by atoms with van der Waals surface area (Å²) in [5.74, 6) is -1.12. The van der Waals surface area contributed by atoms with Crippen LogP contribution in [-0.4, -0.2) is 18.6 Å². The number of hydrogen-bond donors (Lipinski definition) is 0. The SMILES string of the molecule is CCCC1CCC(C2CCC(/C=C/C(F)(F)Oc3ccc(OC(F)(F)C(F)F)c(F)c3)CC2)CC1. The van der Waals surface area contributed by atoms with Gasteiger partial charge in [-0.25, -0.2) is 4.39 Å². The molecule has 0 amide bonds. The van der Waals surface area contributed by atoms with Crippen molar-refractivity contribution in [3.05, 3.63) is 36.2 Å². The minimum Gasteiger partial charge on any atom is -0.429 e. The van der Waals surface area contributed by atoms with Crippen molar-refractivity contribution in [2.45, 2.75) is 89.8 Å². The highest BCUT2D eigenvalue weighted by atomic mass is 19.3. The molecule has 9 heteroatoms. The Balaban J connectivity index is 1.48. The van der Waals surface area contributed by atoms with Gasteiger partial charge in [0.1, 0.15) is 5.75 Å². The molecule has 0 aliphatic heterocycles. The van der Waals surface area contributed by atoms with Crippen LogP contribution in [0.2, 0.25) is 0 Å². The van der Waals surface area contributed by atoms with E-state index in [0.29, 0.717) is 24.1 Å². The minimum atomic E-state index is -4.91. The summed E-state index contributed by atoms with van der Waals surface area (Å²) < 4.78 is 101. The van der Waals surface area contributed by atoms with Gasteiger partial charge in [-0.05, 0) is 74.3 Å². The molecule has 0 bridgehead atoms. The summed E-state index contributed by atoms with van der Waals surface area (Å²) in [5, 5.41) is 0. The second kappa shape index (κ2) is 11.9. The lowest BCUT2D eigenvalue weighted by atomic mass is 9.69. The van der Waals surface area contributed by atoms with Crippen molar-refractivity contribution < 1.29 is 40.2 Å². The Hall–Kier alpha value is -1.93. The fourth-order valence-corrected chi connectivity index (χ4v) is 5.42. The molecular formula is C26H33F7O2. The summed E-state index contributed by atoms with van der Waals surface area (Å²) in [6.07, 6.45) is 0.542. The van der Waals surface area contributed by atoms with Gasteiger partial charge in [-0.3, -0.25) is 0 Å². The number of allylic oxidation sites excluding steroid dienone is 1. The van der Waals surface area contributed by atoms with E-state index in [9.17, 15) is 30.7 Å². The van der Waals surface area contributed by atoms with E-state index in [1.807, 2.05) is 0 Å². The summed E-state index contributed by atoms with van der Waals surface area (Å²) in [6.45, 7) is 2.22. The summed E-state index contributed by atoms with van der Waals surface area (Å²) in [4.78, 5) is 0. The minimum absolute atomic E-state index is 0.00115. The van der Waals surface area contributed by atoms with Crippen LogP contribution in [0.15, 0.2) is 30.4 Å². The average molecular weight is 511 g/mol. The lowest BCUT2D eigenvalue weighted by molar-refractivity contribution is -0.254. The van der Waals surface area contributed by atoms with E-state index in [-0.39, 0.29) is 5.92 Å². The Bertz CT molecular complexity index is 827. The van der Waals surface area contributed by atoms with E-state index < -0.39 is 36.0 Å².